The molecule has 0 radical (unpaired) electrons. The molecule has 1 rings (SSSR count). The minimum Gasteiger partial charge on any atom is -0.489 e. The van der Waals surface area contributed by atoms with E-state index in [-0.39, 0.29) is 11.4 Å². The fourth-order valence-corrected chi connectivity index (χ4v) is 1.40. The molecule has 19 heavy (non-hydrogen) atoms. The van der Waals surface area contributed by atoms with Crippen LogP contribution < -0.4 is 10.5 Å². The Morgan fingerprint density at radius 1 is 1.26 bits per heavy atom. The number of anilines is 1. The highest BCUT2D eigenvalue weighted by Crippen LogP contribution is 2.25. The van der Waals surface area contributed by atoms with Crippen LogP contribution in [0.3, 0.4) is 0 Å². The van der Waals surface area contributed by atoms with Crippen LogP contribution in [0.5, 0.6) is 5.75 Å². The predicted molar refractivity (Wildman–Crippen MR) is 70.3 cm³/mol. The Hall–Kier alpha value is -1.86. The van der Waals surface area contributed by atoms with Crippen LogP contribution in [0.2, 0.25) is 0 Å². The van der Waals surface area contributed by atoms with Gasteiger partial charge >= 0.3 is 0 Å². The van der Waals surface area contributed by atoms with E-state index in [1.165, 1.54) is 18.2 Å². The van der Waals surface area contributed by atoms with E-state index in [0.29, 0.717) is 32.2 Å². The van der Waals surface area contributed by atoms with Crippen molar-refractivity contribution in [3.8, 4) is 5.75 Å². The van der Waals surface area contributed by atoms with Gasteiger partial charge in [0.15, 0.2) is 0 Å². The summed E-state index contributed by atoms with van der Waals surface area (Å²) in [6.45, 7) is 2.04. The van der Waals surface area contributed by atoms with E-state index < -0.39 is 4.92 Å². The molecule has 0 aromatic heterocycles. The van der Waals surface area contributed by atoms with Crippen molar-refractivity contribution in [1.82, 2.24) is 0 Å². The number of rotatable bonds is 9. The van der Waals surface area contributed by atoms with Crippen LogP contribution >= 0.6 is 0 Å². The molecule has 0 fully saturated rings. The van der Waals surface area contributed by atoms with Crippen LogP contribution in [0.25, 0.3) is 0 Å². The number of hydrogen-bond acceptors (Lipinski definition) is 6. The average Bonchev–Trinajstić information content (AvgIpc) is 2.39. The lowest BCUT2D eigenvalue weighted by atomic mass is 10.2. The molecule has 0 saturated heterocycles. The monoisotopic (exact) mass is 270 g/mol. The van der Waals surface area contributed by atoms with Crippen LogP contribution in [0, 0.1) is 10.1 Å². The van der Waals surface area contributed by atoms with Crippen molar-refractivity contribution in [3.05, 3.63) is 28.3 Å². The normalized spacial score (nSPS) is 10.4. The molecule has 7 nitrogen and oxygen atoms in total. The SMILES string of the molecule is COCCCOCCOc1ccc([N+](=O)[O-])cc1N. The van der Waals surface area contributed by atoms with Crippen molar-refractivity contribution >= 4 is 11.4 Å². The van der Waals surface area contributed by atoms with Gasteiger partial charge in [-0.3, -0.25) is 10.1 Å². The highest BCUT2D eigenvalue weighted by molar-refractivity contribution is 5.58. The molecule has 0 unspecified atom stereocenters. The second kappa shape index (κ2) is 8.28. The molecule has 1 aromatic carbocycles. The first-order chi connectivity index (χ1) is 9.15. The van der Waals surface area contributed by atoms with Gasteiger partial charge in [0.1, 0.15) is 12.4 Å². The third-order valence-corrected chi connectivity index (χ3v) is 2.33. The Morgan fingerprint density at radius 3 is 2.68 bits per heavy atom. The van der Waals surface area contributed by atoms with E-state index in [9.17, 15) is 10.1 Å². The summed E-state index contributed by atoms with van der Waals surface area (Å²) < 4.78 is 15.6. The Morgan fingerprint density at radius 2 is 2.05 bits per heavy atom. The minimum atomic E-state index is -0.501. The predicted octanol–water partition coefficient (Wildman–Crippen LogP) is 1.61. The molecule has 2 N–H and O–H groups in total. The van der Waals surface area contributed by atoms with Gasteiger partial charge in [-0.15, -0.1) is 0 Å². The number of nitro groups is 1. The topological polar surface area (TPSA) is 96.8 Å². The van der Waals surface area contributed by atoms with Crippen LogP contribution in [-0.2, 0) is 9.47 Å². The zero-order valence-corrected chi connectivity index (χ0v) is 10.8. The van der Waals surface area contributed by atoms with Crippen molar-refractivity contribution in [1.29, 1.82) is 0 Å². The highest BCUT2D eigenvalue weighted by Gasteiger charge is 2.09. The van der Waals surface area contributed by atoms with E-state index in [2.05, 4.69) is 0 Å². The minimum absolute atomic E-state index is 0.0549. The van der Waals surface area contributed by atoms with E-state index in [0.717, 1.165) is 6.42 Å². The summed E-state index contributed by atoms with van der Waals surface area (Å²) in [5.74, 6) is 0.422. The number of ether oxygens (including phenoxy) is 3. The summed E-state index contributed by atoms with van der Waals surface area (Å²) >= 11 is 0. The van der Waals surface area contributed by atoms with Gasteiger partial charge in [0.05, 0.1) is 17.2 Å². The standard InChI is InChI=1S/C12H18N2O5/c1-17-5-2-6-18-7-8-19-12-4-3-10(14(15)16)9-11(12)13/h3-4,9H,2,5-8,13H2,1H3. The van der Waals surface area contributed by atoms with Gasteiger partial charge in [-0.05, 0) is 12.5 Å². The fourth-order valence-electron chi connectivity index (χ4n) is 1.40. The second-order valence-corrected chi connectivity index (χ2v) is 3.79. The molecular formula is C12H18N2O5. The molecule has 0 heterocycles. The van der Waals surface area contributed by atoms with Crippen molar-refractivity contribution in [3.63, 3.8) is 0 Å². The lowest BCUT2D eigenvalue weighted by Gasteiger charge is -2.09. The smallest absolute Gasteiger partial charge is 0.271 e. The number of non-ortho nitro benzene ring substituents is 1. The molecule has 106 valence electrons. The lowest BCUT2D eigenvalue weighted by Crippen LogP contribution is -2.09. The highest BCUT2D eigenvalue weighted by atomic mass is 16.6. The molecule has 0 saturated carbocycles. The average molecular weight is 270 g/mol. The van der Waals surface area contributed by atoms with Gasteiger partial charge in [0.25, 0.3) is 5.69 Å². The second-order valence-electron chi connectivity index (χ2n) is 3.79. The maximum atomic E-state index is 10.5. The fraction of sp³-hybridized carbons (Fsp3) is 0.500. The summed E-state index contributed by atoms with van der Waals surface area (Å²) in [6.07, 6.45) is 0.830. The first-order valence-electron chi connectivity index (χ1n) is 5.88. The van der Waals surface area contributed by atoms with Crippen molar-refractivity contribution in [2.24, 2.45) is 0 Å². The molecule has 0 amide bonds. The van der Waals surface area contributed by atoms with Gasteiger partial charge in [0.2, 0.25) is 0 Å². The molecule has 0 bridgehead atoms. The molecule has 0 aliphatic heterocycles. The number of nitro benzene ring substituents is 1. The molecule has 7 heteroatoms. The van der Waals surface area contributed by atoms with Gasteiger partial charge in [-0.25, -0.2) is 0 Å². The third kappa shape index (κ3) is 5.54. The number of nitrogen functional groups attached to an aromatic ring is 1. The lowest BCUT2D eigenvalue weighted by molar-refractivity contribution is -0.384. The Bertz CT molecular complexity index is 411. The summed E-state index contributed by atoms with van der Waals surface area (Å²) in [4.78, 5) is 10.0. The van der Waals surface area contributed by atoms with E-state index in [4.69, 9.17) is 19.9 Å². The Labute approximate surface area is 111 Å². The van der Waals surface area contributed by atoms with E-state index in [1.807, 2.05) is 0 Å². The van der Waals surface area contributed by atoms with Crippen LogP contribution in [0.4, 0.5) is 11.4 Å². The van der Waals surface area contributed by atoms with Gasteiger partial charge < -0.3 is 19.9 Å². The molecular weight excluding hydrogens is 252 g/mol. The first-order valence-corrected chi connectivity index (χ1v) is 5.88. The molecule has 0 aliphatic rings. The summed E-state index contributed by atoms with van der Waals surface area (Å²) in [5.41, 5.74) is 5.84. The Balaban J connectivity index is 2.28. The van der Waals surface area contributed by atoms with E-state index >= 15 is 0 Å². The van der Waals surface area contributed by atoms with E-state index in [1.54, 1.807) is 7.11 Å². The zero-order chi connectivity index (χ0) is 14.1. The molecule has 0 aliphatic carbocycles. The molecule has 0 spiro atoms. The first kappa shape index (κ1) is 15.2. The third-order valence-electron chi connectivity index (χ3n) is 2.33. The molecule has 1 aromatic rings. The number of nitrogens with zero attached hydrogens (tertiary/aromatic N) is 1. The van der Waals surface area contributed by atoms with Crippen molar-refractivity contribution in [2.45, 2.75) is 6.42 Å². The largest absolute Gasteiger partial charge is 0.489 e. The van der Waals surface area contributed by atoms with Gasteiger partial charge in [-0.2, -0.15) is 0 Å². The van der Waals surface area contributed by atoms with Gasteiger partial charge in [-0.1, -0.05) is 0 Å². The number of nitrogens with two attached hydrogens (primary N) is 1. The number of benzene rings is 1. The quantitative estimate of drug-likeness (QED) is 0.317. The number of hydrogen-bond donors (Lipinski definition) is 1. The maximum absolute atomic E-state index is 10.5. The molecule has 0 atom stereocenters. The zero-order valence-electron chi connectivity index (χ0n) is 10.8. The van der Waals surface area contributed by atoms with Crippen molar-refractivity contribution in [2.75, 3.05) is 39.3 Å². The summed E-state index contributed by atoms with van der Waals surface area (Å²) in [7, 11) is 1.64. The van der Waals surface area contributed by atoms with Crippen LogP contribution in [0.1, 0.15) is 6.42 Å². The van der Waals surface area contributed by atoms with Crippen molar-refractivity contribution < 1.29 is 19.1 Å². The summed E-state index contributed by atoms with van der Waals surface area (Å²) in [5, 5.41) is 10.5. The number of methoxy groups -OCH3 is 1. The maximum Gasteiger partial charge on any atom is 0.271 e. The Kier molecular flexibility index (Phi) is 6.62. The van der Waals surface area contributed by atoms with Gasteiger partial charge in [0, 0.05) is 32.5 Å². The van der Waals surface area contributed by atoms with Crippen LogP contribution in [-0.4, -0.2) is 38.5 Å². The van der Waals surface area contributed by atoms with Crippen LogP contribution in [0.15, 0.2) is 18.2 Å². The summed E-state index contributed by atoms with van der Waals surface area (Å²) in [6, 6.07) is 4.11.